The normalized spacial score (nSPS) is 20.7. The fraction of sp³-hybridized carbons (Fsp3) is 0.125. The number of aliphatic imine (C=N–C) groups is 1. The lowest BCUT2D eigenvalue weighted by atomic mass is 10.0. The van der Waals surface area contributed by atoms with Crippen LogP contribution < -0.4 is 5.32 Å². The van der Waals surface area contributed by atoms with Crippen LogP contribution in [0.1, 0.15) is 18.1 Å². The predicted octanol–water partition coefficient (Wildman–Crippen LogP) is 2.90. The van der Waals surface area contributed by atoms with Gasteiger partial charge in [-0.25, -0.2) is 18.2 Å². The number of rotatable bonds is 2. The van der Waals surface area contributed by atoms with Crippen LogP contribution in [0.5, 0.6) is 0 Å². The zero-order valence-electron chi connectivity index (χ0n) is 11.5. The monoisotopic (exact) mass is 304 g/mol. The van der Waals surface area contributed by atoms with Gasteiger partial charge in [0, 0.05) is 17.2 Å². The van der Waals surface area contributed by atoms with Crippen molar-refractivity contribution in [2.45, 2.75) is 12.6 Å². The zero-order valence-corrected chi connectivity index (χ0v) is 11.5. The van der Waals surface area contributed by atoms with Crippen molar-refractivity contribution >= 4 is 11.6 Å². The molecule has 3 rings (SSSR count). The van der Waals surface area contributed by atoms with E-state index in [0.29, 0.717) is 0 Å². The molecule has 22 heavy (non-hydrogen) atoms. The first-order valence-electron chi connectivity index (χ1n) is 6.53. The van der Waals surface area contributed by atoms with Crippen molar-refractivity contribution in [2.75, 3.05) is 0 Å². The third-order valence-electron chi connectivity index (χ3n) is 3.46. The highest BCUT2D eigenvalue weighted by molar-refractivity contribution is 6.46. The Morgan fingerprint density at radius 3 is 2.32 bits per heavy atom. The lowest BCUT2D eigenvalue weighted by Crippen LogP contribution is -2.37. The summed E-state index contributed by atoms with van der Waals surface area (Å²) in [5.74, 6) is -2.75. The van der Waals surface area contributed by atoms with E-state index in [1.54, 1.807) is 6.07 Å². The topological polar surface area (TPSA) is 41.5 Å². The summed E-state index contributed by atoms with van der Waals surface area (Å²) in [6.45, 7) is 1.49. The van der Waals surface area contributed by atoms with Crippen LogP contribution in [0.2, 0.25) is 0 Å². The van der Waals surface area contributed by atoms with Crippen molar-refractivity contribution in [3.63, 3.8) is 0 Å². The van der Waals surface area contributed by atoms with E-state index in [0.717, 1.165) is 18.2 Å². The molecule has 0 spiro atoms. The zero-order chi connectivity index (χ0) is 15.9. The fourth-order valence-electron chi connectivity index (χ4n) is 2.39. The number of hydrogen-bond donors (Lipinski definition) is 1. The Morgan fingerprint density at radius 2 is 1.68 bits per heavy atom. The Bertz CT molecular complexity index is 783. The second kappa shape index (κ2) is 4.98. The van der Waals surface area contributed by atoms with Crippen LogP contribution in [-0.4, -0.2) is 11.6 Å². The number of carbonyl (C=O) groups is 1. The summed E-state index contributed by atoms with van der Waals surface area (Å²) in [6, 6.07) is 8.59. The summed E-state index contributed by atoms with van der Waals surface area (Å²) in [5.41, 5.74) is -1.27. The molecule has 0 aliphatic carbocycles. The third kappa shape index (κ3) is 2.36. The molecule has 0 bridgehead atoms. The molecule has 3 nitrogen and oxygen atoms in total. The van der Waals surface area contributed by atoms with Crippen molar-refractivity contribution in [3.8, 4) is 0 Å². The van der Waals surface area contributed by atoms with Crippen LogP contribution in [-0.2, 0) is 10.5 Å². The van der Waals surface area contributed by atoms with Gasteiger partial charge in [-0.1, -0.05) is 12.1 Å². The summed E-state index contributed by atoms with van der Waals surface area (Å²) >= 11 is 0. The van der Waals surface area contributed by atoms with Crippen LogP contribution >= 0.6 is 0 Å². The maximum atomic E-state index is 13.8. The Kier molecular flexibility index (Phi) is 3.24. The maximum absolute atomic E-state index is 13.8. The van der Waals surface area contributed by atoms with Crippen LogP contribution in [0.4, 0.5) is 13.2 Å². The highest BCUT2D eigenvalue weighted by Gasteiger charge is 2.38. The lowest BCUT2D eigenvalue weighted by Gasteiger charge is -2.21. The number of carbonyl (C=O) groups excluding carboxylic acids is 1. The molecule has 0 saturated carbocycles. The minimum atomic E-state index is -1.35. The minimum absolute atomic E-state index is 0.0422. The predicted molar refractivity (Wildman–Crippen MR) is 74.8 cm³/mol. The largest absolute Gasteiger partial charge is 0.323 e. The molecular weight excluding hydrogens is 293 g/mol. The standard InChI is InChI=1S/C16H11F3N2O/c1-16(9-6-10(17)8-11(18)7-9)20-14(15(22)21-16)12-4-2-3-5-13(12)19/h2-8H,1H3,(H,21,22)/t16-/m0/s1. The molecule has 112 valence electrons. The SMILES string of the molecule is C[C@]1(c2cc(F)cc(F)c2)N=C(c2ccccc2F)C(=O)N1. The number of nitrogens with one attached hydrogen (secondary N) is 1. The summed E-state index contributed by atoms with van der Waals surface area (Å²) in [5, 5.41) is 2.53. The molecule has 1 aliphatic heterocycles. The van der Waals surface area contributed by atoms with E-state index in [9.17, 15) is 18.0 Å². The first-order chi connectivity index (χ1) is 10.4. The smallest absolute Gasteiger partial charge is 0.272 e. The van der Waals surface area contributed by atoms with Crippen molar-refractivity contribution in [1.82, 2.24) is 5.32 Å². The van der Waals surface area contributed by atoms with Gasteiger partial charge >= 0.3 is 0 Å². The molecule has 1 amide bonds. The Labute approximate surface area is 124 Å². The van der Waals surface area contributed by atoms with E-state index >= 15 is 0 Å². The van der Waals surface area contributed by atoms with Crippen molar-refractivity contribution in [3.05, 3.63) is 71.0 Å². The first-order valence-corrected chi connectivity index (χ1v) is 6.53. The van der Waals surface area contributed by atoms with Gasteiger partial charge in [-0.2, -0.15) is 0 Å². The molecule has 2 aromatic rings. The number of benzene rings is 2. The van der Waals surface area contributed by atoms with Crippen LogP contribution in [0.3, 0.4) is 0 Å². The molecule has 0 unspecified atom stereocenters. The Hall–Kier alpha value is -2.63. The molecule has 1 atom stereocenters. The van der Waals surface area contributed by atoms with Gasteiger partial charge in [0.1, 0.15) is 23.2 Å². The van der Waals surface area contributed by atoms with Crippen molar-refractivity contribution < 1.29 is 18.0 Å². The van der Waals surface area contributed by atoms with Crippen molar-refractivity contribution in [2.24, 2.45) is 4.99 Å². The molecule has 0 saturated heterocycles. The average molecular weight is 304 g/mol. The summed E-state index contributed by atoms with van der Waals surface area (Å²) in [7, 11) is 0. The van der Waals surface area contributed by atoms with E-state index in [1.165, 1.54) is 25.1 Å². The number of hydrogen-bond acceptors (Lipinski definition) is 2. The quantitative estimate of drug-likeness (QED) is 0.910. The van der Waals surface area contributed by atoms with E-state index < -0.39 is 29.0 Å². The van der Waals surface area contributed by atoms with Crippen LogP contribution in [0, 0.1) is 17.5 Å². The van der Waals surface area contributed by atoms with Gasteiger partial charge in [-0.3, -0.25) is 4.79 Å². The van der Waals surface area contributed by atoms with E-state index in [1.807, 2.05) is 0 Å². The van der Waals surface area contributed by atoms with Crippen molar-refractivity contribution in [1.29, 1.82) is 0 Å². The molecule has 0 aromatic heterocycles. The minimum Gasteiger partial charge on any atom is -0.323 e. The number of halogens is 3. The molecule has 1 N–H and O–H groups in total. The maximum Gasteiger partial charge on any atom is 0.272 e. The summed E-state index contributed by atoms with van der Waals surface area (Å²) in [6.07, 6.45) is 0. The Morgan fingerprint density at radius 1 is 1.05 bits per heavy atom. The van der Waals surface area contributed by atoms with Crippen LogP contribution in [0.25, 0.3) is 0 Å². The summed E-state index contributed by atoms with van der Waals surface area (Å²) in [4.78, 5) is 16.3. The molecule has 1 aliphatic rings. The second-order valence-electron chi connectivity index (χ2n) is 5.12. The van der Waals surface area contributed by atoms with E-state index in [-0.39, 0.29) is 16.8 Å². The van der Waals surface area contributed by atoms with Crippen LogP contribution in [0.15, 0.2) is 47.5 Å². The molecule has 0 radical (unpaired) electrons. The second-order valence-corrected chi connectivity index (χ2v) is 5.12. The highest BCUT2D eigenvalue weighted by atomic mass is 19.1. The number of nitrogens with zero attached hydrogens (tertiary/aromatic N) is 1. The lowest BCUT2D eigenvalue weighted by molar-refractivity contribution is -0.115. The fourth-order valence-corrected chi connectivity index (χ4v) is 2.39. The molecule has 6 heteroatoms. The average Bonchev–Trinajstić information content (AvgIpc) is 2.75. The van der Waals surface area contributed by atoms with Gasteiger partial charge in [0.25, 0.3) is 5.91 Å². The number of amides is 1. The van der Waals surface area contributed by atoms with Gasteiger partial charge < -0.3 is 5.32 Å². The van der Waals surface area contributed by atoms with E-state index in [4.69, 9.17) is 0 Å². The third-order valence-corrected chi connectivity index (χ3v) is 3.46. The van der Waals surface area contributed by atoms with Gasteiger partial charge in [0.2, 0.25) is 0 Å². The van der Waals surface area contributed by atoms with E-state index in [2.05, 4.69) is 10.3 Å². The van der Waals surface area contributed by atoms with Gasteiger partial charge in [0.15, 0.2) is 5.66 Å². The molecule has 1 heterocycles. The Balaban J connectivity index is 2.10. The van der Waals surface area contributed by atoms with Gasteiger partial charge in [-0.05, 0) is 31.2 Å². The molecule has 2 aromatic carbocycles. The molecule has 0 fully saturated rings. The van der Waals surface area contributed by atoms with Gasteiger partial charge in [-0.15, -0.1) is 0 Å². The van der Waals surface area contributed by atoms with Gasteiger partial charge in [0.05, 0.1) is 0 Å². The first kappa shape index (κ1) is 14.3. The summed E-state index contributed by atoms with van der Waals surface area (Å²) < 4.78 is 40.6. The molecular formula is C16H11F3N2O. The highest BCUT2D eigenvalue weighted by Crippen LogP contribution is 2.29.